The van der Waals surface area contributed by atoms with Gasteiger partial charge in [-0.05, 0) is 39.0 Å². The molecule has 0 aromatic heterocycles. The molecule has 0 bridgehead atoms. The van der Waals surface area contributed by atoms with Crippen molar-refractivity contribution in [1.29, 1.82) is 0 Å². The lowest BCUT2D eigenvalue weighted by Gasteiger charge is -2.29. The van der Waals surface area contributed by atoms with Crippen LogP contribution in [0.4, 0.5) is 0 Å². The second-order valence-corrected chi connectivity index (χ2v) is 5.46. The maximum absolute atomic E-state index is 11.6. The molecule has 0 heterocycles. The Morgan fingerprint density at radius 1 is 1.40 bits per heavy atom. The molecule has 0 radical (unpaired) electrons. The third kappa shape index (κ3) is 4.65. The molecule has 2 N–H and O–H groups in total. The number of esters is 1. The summed E-state index contributed by atoms with van der Waals surface area (Å²) in [6.07, 6.45) is 5.04. The fraction of sp³-hybridized carbons (Fsp3) is 0.917. The molecule has 15 heavy (non-hydrogen) atoms. The van der Waals surface area contributed by atoms with Gasteiger partial charge in [0, 0.05) is 5.54 Å². The molecule has 2 unspecified atom stereocenters. The zero-order chi connectivity index (χ0) is 11.5. The fourth-order valence-electron chi connectivity index (χ4n) is 2.04. The minimum absolute atomic E-state index is 0.119. The first-order valence-electron chi connectivity index (χ1n) is 5.87. The van der Waals surface area contributed by atoms with E-state index in [0.717, 1.165) is 6.42 Å². The lowest BCUT2D eigenvalue weighted by molar-refractivity contribution is -0.154. The van der Waals surface area contributed by atoms with Gasteiger partial charge in [-0.1, -0.05) is 13.3 Å². The number of carbonyl (C=O) groups is 1. The average Bonchev–Trinajstić information content (AvgIpc) is 2.05. The Balaban J connectivity index is 2.36. The van der Waals surface area contributed by atoms with Crippen LogP contribution in [-0.2, 0) is 9.53 Å². The number of hydrogen-bond donors (Lipinski definition) is 1. The molecule has 2 atom stereocenters. The Kier molecular flexibility index (Phi) is 4.14. The van der Waals surface area contributed by atoms with E-state index >= 15 is 0 Å². The van der Waals surface area contributed by atoms with E-state index in [2.05, 4.69) is 6.92 Å². The fourth-order valence-corrected chi connectivity index (χ4v) is 2.04. The smallest absolute Gasteiger partial charge is 0.307 e. The van der Waals surface area contributed by atoms with Gasteiger partial charge in [0.25, 0.3) is 0 Å². The van der Waals surface area contributed by atoms with Crippen molar-refractivity contribution in [2.75, 3.05) is 0 Å². The molecule has 1 rings (SSSR count). The predicted molar refractivity (Wildman–Crippen MR) is 60.4 cm³/mol. The van der Waals surface area contributed by atoms with Crippen LogP contribution in [0.25, 0.3) is 0 Å². The molecule has 1 aliphatic rings. The summed E-state index contributed by atoms with van der Waals surface area (Å²) in [5.74, 6) is 0.352. The van der Waals surface area contributed by atoms with Crippen LogP contribution < -0.4 is 5.73 Å². The van der Waals surface area contributed by atoms with Crippen molar-refractivity contribution in [2.24, 2.45) is 11.7 Å². The molecule has 0 aromatic rings. The van der Waals surface area contributed by atoms with E-state index in [0.29, 0.717) is 12.3 Å². The first-order valence-corrected chi connectivity index (χ1v) is 5.87. The molecule has 0 amide bonds. The van der Waals surface area contributed by atoms with Crippen molar-refractivity contribution in [3.05, 3.63) is 0 Å². The van der Waals surface area contributed by atoms with Gasteiger partial charge in [-0.3, -0.25) is 4.79 Å². The molecule has 1 saturated carbocycles. The first-order chi connectivity index (χ1) is 6.88. The SMILES string of the molecule is CC1CCCCC1OC(=O)CC(C)(C)N. The number of rotatable bonds is 3. The number of ether oxygens (including phenoxy) is 1. The Bertz CT molecular complexity index is 220. The van der Waals surface area contributed by atoms with E-state index in [-0.39, 0.29) is 12.1 Å². The Morgan fingerprint density at radius 3 is 2.53 bits per heavy atom. The summed E-state index contributed by atoms with van der Waals surface area (Å²) in [5, 5.41) is 0. The summed E-state index contributed by atoms with van der Waals surface area (Å²) in [7, 11) is 0. The summed E-state index contributed by atoms with van der Waals surface area (Å²) in [6, 6.07) is 0. The average molecular weight is 213 g/mol. The van der Waals surface area contributed by atoms with Crippen LogP contribution >= 0.6 is 0 Å². The van der Waals surface area contributed by atoms with Crippen LogP contribution in [0.5, 0.6) is 0 Å². The second kappa shape index (κ2) is 4.97. The van der Waals surface area contributed by atoms with E-state index in [1.165, 1.54) is 19.3 Å². The molecule has 0 aromatic carbocycles. The second-order valence-electron chi connectivity index (χ2n) is 5.46. The standard InChI is InChI=1S/C12H23NO2/c1-9-6-4-5-7-10(9)15-11(14)8-12(2,3)13/h9-10H,4-8,13H2,1-3H3. The zero-order valence-electron chi connectivity index (χ0n) is 10.1. The van der Waals surface area contributed by atoms with Crippen LogP contribution in [-0.4, -0.2) is 17.6 Å². The summed E-state index contributed by atoms with van der Waals surface area (Å²) < 4.78 is 5.46. The van der Waals surface area contributed by atoms with Gasteiger partial charge in [0.15, 0.2) is 0 Å². The third-order valence-electron chi connectivity index (χ3n) is 2.92. The van der Waals surface area contributed by atoms with Gasteiger partial charge in [0.2, 0.25) is 0 Å². The Hall–Kier alpha value is -0.570. The maximum Gasteiger partial charge on any atom is 0.307 e. The van der Waals surface area contributed by atoms with Gasteiger partial charge in [-0.2, -0.15) is 0 Å². The summed E-state index contributed by atoms with van der Waals surface area (Å²) in [4.78, 5) is 11.6. The maximum atomic E-state index is 11.6. The van der Waals surface area contributed by atoms with Crippen LogP contribution in [0.15, 0.2) is 0 Å². The summed E-state index contributed by atoms with van der Waals surface area (Å²) in [5.41, 5.74) is 5.31. The van der Waals surface area contributed by atoms with E-state index < -0.39 is 5.54 Å². The quantitative estimate of drug-likeness (QED) is 0.731. The van der Waals surface area contributed by atoms with Gasteiger partial charge in [-0.25, -0.2) is 0 Å². The highest BCUT2D eigenvalue weighted by Crippen LogP contribution is 2.26. The van der Waals surface area contributed by atoms with Crippen molar-refractivity contribution in [3.63, 3.8) is 0 Å². The van der Waals surface area contributed by atoms with E-state index in [1.54, 1.807) is 0 Å². The minimum Gasteiger partial charge on any atom is -0.462 e. The van der Waals surface area contributed by atoms with Crippen molar-refractivity contribution in [3.8, 4) is 0 Å². The van der Waals surface area contributed by atoms with Crippen LogP contribution in [0.3, 0.4) is 0 Å². The lowest BCUT2D eigenvalue weighted by atomic mass is 9.88. The lowest BCUT2D eigenvalue weighted by Crippen LogP contribution is -2.37. The van der Waals surface area contributed by atoms with Crippen LogP contribution in [0.2, 0.25) is 0 Å². The van der Waals surface area contributed by atoms with Crippen LogP contribution in [0.1, 0.15) is 52.9 Å². The van der Waals surface area contributed by atoms with Crippen LogP contribution in [0, 0.1) is 5.92 Å². The van der Waals surface area contributed by atoms with Crippen molar-refractivity contribution in [2.45, 2.75) is 64.5 Å². The molecule has 0 saturated heterocycles. The molecular formula is C12H23NO2. The highest BCUT2D eigenvalue weighted by atomic mass is 16.5. The van der Waals surface area contributed by atoms with Crippen molar-refractivity contribution < 1.29 is 9.53 Å². The molecule has 1 aliphatic carbocycles. The van der Waals surface area contributed by atoms with E-state index in [1.807, 2.05) is 13.8 Å². The highest BCUT2D eigenvalue weighted by Gasteiger charge is 2.26. The van der Waals surface area contributed by atoms with Gasteiger partial charge in [-0.15, -0.1) is 0 Å². The molecule has 3 nitrogen and oxygen atoms in total. The molecule has 88 valence electrons. The van der Waals surface area contributed by atoms with E-state index in [9.17, 15) is 4.79 Å². The summed E-state index contributed by atoms with van der Waals surface area (Å²) in [6.45, 7) is 5.85. The van der Waals surface area contributed by atoms with E-state index in [4.69, 9.17) is 10.5 Å². The molecule has 0 spiro atoms. The summed E-state index contributed by atoms with van der Waals surface area (Å²) >= 11 is 0. The molecule has 3 heteroatoms. The normalized spacial score (nSPS) is 27.5. The zero-order valence-corrected chi connectivity index (χ0v) is 10.1. The topological polar surface area (TPSA) is 52.3 Å². The van der Waals surface area contributed by atoms with Crippen molar-refractivity contribution in [1.82, 2.24) is 0 Å². The predicted octanol–water partition coefficient (Wildman–Crippen LogP) is 2.24. The monoisotopic (exact) mass is 213 g/mol. The molecule has 0 aliphatic heterocycles. The van der Waals surface area contributed by atoms with Gasteiger partial charge >= 0.3 is 5.97 Å². The van der Waals surface area contributed by atoms with Gasteiger partial charge < -0.3 is 10.5 Å². The largest absolute Gasteiger partial charge is 0.462 e. The third-order valence-corrected chi connectivity index (χ3v) is 2.92. The Morgan fingerprint density at radius 2 is 2.00 bits per heavy atom. The minimum atomic E-state index is -0.463. The van der Waals surface area contributed by atoms with Crippen molar-refractivity contribution >= 4 is 5.97 Å². The number of hydrogen-bond acceptors (Lipinski definition) is 3. The Labute approximate surface area is 92.4 Å². The molecule has 1 fully saturated rings. The highest BCUT2D eigenvalue weighted by molar-refractivity contribution is 5.70. The number of nitrogens with two attached hydrogens (primary N) is 1. The number of carbonyl (C=O) groups excluding carboxylic acids is 1. The van der Waals surface area contributed by atoms with Gasteiger partial charge in [0.05, 0.1) is 6.42 Å². The first kappa shape index (κ1) is 12.5. The van der Waals surface area contributed by atoms with Gasteiger partial charge in [0.1, 0.15) is 6.10 Å². The molecular weight excluding hydrogens is 190 g/mol.